The van der Waals surface area contributed by atoms with Crippen LogP contribution in [0.1, 0.15) is 48.7 Å². The topological polar surface area (TPSA) is 70.5 Å². The maximum Gasteiger partial charge on any atom is 0.303 e. The number of hydrogen-bond acceptors (Lipinski definition) is 4. The second kappa shape index (κ2) is 8.77. The van der Waals surface area contributed by atoms with E-state index in [0.717, 1.165) is 41.5 Å². The molecule has 1 rings (SSSR count). The molecule has 0 unspecified atom stereocenters. The van der Waals surface area contributed by atoms with Crippen molar-refractivity contribution < 1.29 is 14.7 Å². The van der Waals surface area contributed by atoms with E-state index in [1.165, 1.54) is 11.3 Å². The molecule has 0 atom stereocenters. The number of carboxylic acid groups (broad SMARTS) is 1. The molecule has 0 saturated carbocycles. The Morgan fingerprint density at radius 2 is 1.86 bits per heavy atom. The number of carbonyl (C=O) groups is 2. The molecule has 21 heavy (non-hydrogen) atoms. The molecule has 1 N–H and O–H groups in total. The summed E-state index contributed by atoms with van der Waals surface area (Å²) in [5.74, 6) is -0.699. The number of aromatic nitrogens is 1. The zero-order valence-electron chi connectivity index (χ0n) is 13.0. The molecule has 0 fully saturated rings. The van der Waals surface area contributed by atoms with Gasteiger partial charge in [-0.05, 0) is 26.2 Å². The number of hydrogen-bond donors (Lipinski definition) is 1. The lowest BCUT2D eigenvalue weighted by atomic mass is 10.2. The van der Waals surface area contributed by atoms with Crippen LogP contribution in [0.3, 0.4) is 0 Å². The van der Waals surface area contributed by atoms with Crippen molar-refractivity contribution in [3.8, 4) is 0 Å². The summed E-state index contributed by atoms with van der Waals surface area (Å²) in [7, 11) is 0. The van der Waals surface area contributed by atoms with Crippen molar-refractivity contribution in [2.24, 2.45) is 0 Å². The van der Waals surface area contributed by atoms with Gasteiger partial charge in [-0.25, -0.2) is 4.98 Å². The van der Waals surface area contributed by atoms with Crippen LogP contribution in [-0.2, 0) is 22.4 Å². The number of rotatable bonds is 9. The van der Waals surface area contributed by atoms with E-state index in [1.54, 1.807) is 0 Å². The third-order valence-corrected chi connectivity index (χ3v) is 4.36. The minimum atomic E-state index is -0.808. The third-order valence-electron chi connectivity index (χ3n) is 3.15. The molecule has 1 aromatic rings. The van der Waals surface area contributed by atoms with E-state index in [0.29, 0.717) is 12.8 Å². The van der Waals surface area contributed by atoms with Crippen LogP contribution in [0.5, 0.6) is 0 Å². The van der Waals surface area contributed by atoms with Gasteiger partial charge in [0.25, 0.3) is 0 Å². The summed E-state index contributed by atoms with van der Waals surface area (Å²) < 4.78 is 0. The summed E-state index contributed by atoms with van der Waals surface area (Å²) in [5.41, 5.74) is 0.849. The third kappa shape index (κ3) is 5.83. The largest absolute Gasteiger partial charge is 0.481 e. The summed E-state index contributed by atoms with van der Waals surface area (Å²) in [4.78, 5) is 30.2. The van der Waals surface area contributed by atoms with Crippen LogP contribution in [0.4, 0.5) is 0 Å². The van der Waals surface area contributed by atoms with Crippen molar-refractivity contribution in [3.05, 3.63) is 15.6 Å². The number of aryl methyl sites for hydroxylation is 2. The van der Waals surface area contributed by atoms with Gasteiger partial charge < -0.3 is 10.0 Å². The standard InChI is InChI=1S/C15H24N2O3S/c1-4-8-17(9-5-2)14(18)10-13-16-11(3)12(21-13)6-7-15(19)20/h4-10H2,1-3H3,(H,19,20). The van der Waals surface area contributed by atoms with Gasteiger partial charge in [0.15, 0.2) is 0 Å². The number of carboxylic acids is 1. The lowest BCUT2D eigenvalue weighted by Gasteiger charge is -2.20. The fourth-order valence-corrected chi connectivity index (χ4v) is 3.22. The normalized spacial score (nSPS) is 10.6. The van der Waals surface area contributed by atoms with E-state index in [9.17, 15) is 9.59 Å². The number of aliphatic carboxylic acids is 1. The van der Waals surface area contributed by atoms with E-state index in [2.05, 4.69) is 18.8 Å². The van der Waals surface area contributed by atoms with Crippen molar-refractivity contribution in [3.63, 3.8) is 0 Å². The minimum absolute atomic E-state index is 0.105. The van der Waals surface area contributed by atoms with Gasteiger partial charge in [0.2, 0.25) is 5.91 Å². The first-order valence-electron chi connectivity index (χ1n) is 7.42. The summed E-state index contributed by atoms with van der Waals surface area (Å²) in [6.45, 7) is 7.56. The smallest absolute Gasteiger partial charge is 0.303 e. The van der Waals surface area contributed by atoms with Crippen molar-refractivity contribution >= 4 is 23.2 Å². The lowest BCUT2D eigenvalue weighted by Crippen LogP contribution is -2.33. The molecular formula is C15H24N2O3S. The van der Waals surface area contributed by atoms with Gasteiger partial charge in [-0.3, -0.25) is 9.59 Å². The number of nitrogens with zero attached hydrogens (tertiary/aromatic N) is 2. The summed E-state index contributed by atoms with van der Waals surface area (Å²) in [5, 5.41) is 9.52. The Kier molecular flexibility index (Phi) is 7.36. The maximum absolute atomic E-state index is 12.3. The fourth-order valence-electron chi connectivity index (χ4n) is 2.16. The molecule has 6 heteroatoms. The molecule has 1 aromatic heterocycles. The molecule has 0 aliphatic rings. The molecule has 0 aromatic carbocycles. The zero-order chi connectivity index (χ0) is 15.8. The van der Waals surface area contributed by atoms with Gasteiger partial charge in [0.1, 0.15) is 5.01 Å². The number of thiazole rings is 1. The van der Waals surface area contributed by atoms with Gasteiger partial charge >= 0.3 is 5.97 Å². The minimum Gasteiger partial charge on any atom is -0.481 e. The predicted molar refractivity (Wildman–Crippen MR) is 83.7 cm³/mol. The SMILES string of the molecule is CCCN(CCC)C(=O)Cc1nc(C)c(CCC(=O)O)s1. The van der Waals surface area contributed by atoms with Crippen LogP contribution in [0.2, 0.25) is 0 Å². The molecule has 5 nitrogen and oxygen atoms in total. The van der Waals surface area contributed by atoms with E-state index in [1.807, 2.05) is 11.8 Å². The van der Waals surface area contributed by atoms with Crippen molar-refractivity contribution in [1.82, 2.24) is 9.88 Å². The highest BCUT2D eigenvalue weighted by Crippen LogP contribution is 2.20. The summed E-state index contributed by atoms with van der Waals surface area (Å²) in [6.07, 6.45) is 2.81. The van der Waals surface area contributed by atoms with Gasteiger partial charge in [-0.2, -0.15) is 0 Å². The average molecular weight is 312 g/mol. The van der Waals surface area contributed by atoms with Crippen molar-refractivity contribution in [1.29, 1.82) is 0 Å². The number of amides is 1. The molecule has 0 radical (unpaired) electrons. The van der Waals surface area contributed by atoms with Crippen molar-refractivity contribution in [2.75, 3.05) is 13.1 Å². The Labute approximate surface area is 130 Å². The Morgan fingerprint density at radius 1 is 1.24 bits per heavy atom. The van der Waals surface area contributed by atoms with E-state index in [-0.39, 0.29) is 12.3 Å². The second-order valence-corrected chi connectivity index (χ2v) is 6.24. The predicted octanol–water partition coefficient (Wildman–Crippen LogP) is 2.66. The molecule has 0 spiro atoms. The molecule has 0 aliphatic carbocycles. The van der Waals surface area contributed by atoms with Gasteiger partial charge in [0, 0.05) is 18.0 Å². The molecule has 0 aliphatic heterocycles. The van der Waals surface area contributed by atoms with Gasteiger partial charge in [-0.15, -0.1) is 11.3 Å². The summed E-state index contributed by atoms with van der Waals surface area (Å²) >= 11 is 1.46. The quantitative estimate of drug-likeness (QED) is 0.761. The molecule has 0 saturated heterocycles. The van der Waals surface area contributed by atoms with Crippen molar-refractivity contribution in [2.45, 2.75) is 52.9 Å². The van der Waals surface area contributed by atoms with E-state index >= 15 is 0 Å². The van der Waals surface area contributed by atoms with E-state index < -0.39 is 5.97 Å². The Bertz CT molecular complexity index is 479. The van der Waals surface area contributed by atoms with Crippen LogP contribution in [-0.4, -0.2) is 40.0 Å². The first kappa shape index (κ1) is 17.6. The van der Waals surface area contributed by atoms with Gasteiger partial charge in [0.05, 0.1) is 18.5 Å². The van der Waals surface area contributed by atoms with Crippen LogP contribution < -0.4 is 0 Å². The van der Waals surface area contributed by atoms with Crippen LogP contribution in [0, 0.1) is 6.92 Å². The fraction of sp³-hybridized carbons (Fsp3) is 0.667. The first-order valence-corrected chi connectivity index (χ1v) is 8.24. The first-order chi connectivity index (χ1) is 9.97. The van der Waals surface area contributed by atoms with Crippen LogP contribution >= 0.6 is 11.3 Å². The number of carbonyl (C=O) groups excluding carboxylic acids is 1. The Morgan fingerprint density at radius 3 is 2.38 bits per heavy atom. The molecule has 1 heterocycles. The average Bonchev–Trinajstić information content (AvgIpc) is 2.76. The molecular weight excluding hydrogens is 288 g/mol. The molecule has 1 amide bonds. The van der Waals surface area contributed by atoms with Crippen LogP contribution in [0.25, 0.3) is 0 Å². The second-order valence-electron chi connectivity index (χ2n) is 5.07. The Hall–Kier alpha value is -1.43. The molecule has 118 valence electrons. The highest BCUT2D eigenvalue weighted by Gasteiger charge is 2.16. The summed E-state index contributed by atoms with van der Waals surface area (Å²) in [6, 6.07) is 0. The van der Waals surface area contributed by atoms with E-state index in [4.69, 9.17) is 5.11 Å². The highest BCUT2D eigenvalue weighted by atomic mass is 32.1. The monoisotopic (exact) mass is 312 g/mol. The highest BCUT2D eigenvalue weighted by molar-refractivity contribution is 7.11. The van der Waals surface area contributed by atoms with Crippen LogP contribution in [0.15, 0.2) is 0 Å². The Balaban J connectivity index is 2.67. The lowest BCUT2D eigenvalue weighted by molar-refractivity contribution is -0.137. The zero-order valence-corrected chi connectivity index (χ0v) is 13.8. The van der Waals surface area contributed by atoms with Gasteiger partial charge in [-0.1, -0.05) is 13.8 Å². The maximum atomic E-state index is 12.3. The molecule has 0 bridgehead atoms.